The largest absolute Gasteiger partial charge is 0.497 e. The number of ketones is 1. The van der Waals surface area contributed by atoms with E-state index in [0.717, 1.165) is 18.4 Å². The molecule has 2 aromatic heterocycles. The molecule has 0 unspecified atom stereocenters. The standard InChI is InChI=1S/C32H36ClN5O5/c1-32(2,3)43-31(41)34-22-12-9-15-37(19-22)30-35-25-17-26(28(39)20-11-8-13-23(16-20)42-5)36(4)29(40)27(25)38(30)18-21-10-6-7-14-24(21)33/h6-8,10-11,13-14,16-17,22H,9,12,15,18-19H2,1-5H3,(H,34,41)/t22-/m1/s1. The molecule has 1 saturated heterocycles. The van der Waals surface area contributed by atoms with Gasteiger partial charge in [0.2, 0.25) is 11.7 Å². The molecular weight excluding hydrogens is 570 g/mol. The summed E-state index contributed by atoms with van der Waals surface area (Å²) in [7, 11) is 3.12. The average Bonchev–Trinajstić information content (AvgIpc) is 3.33. The zero-order valence-electron chi connectivity index (χ0n) is 25.0. The fraction of sp³-hybridized carbons (Fsp3) is 0.375. The van der Waals surface area contributed by atoms with Crippen molar-refractivity contribution in [3.8, 4) is 5.75 Å². The van der Waals surface area contributed by atoms with E-state index in [-0.39, 0.29) is 23.1 Å². The van der Waals surface area contributed by atoms with Gasteiger partial charge >= 0.3 is 6.09 Å². The van der Waals surface area contributed by atoms with E-state index in [9.17, 15) is 14.4 Å². The van der Waals surface area contributed by atoms with Gasteiger partial charge in [0.05, 0.1) is 24.9 Å². The van der Waals surface area contributed by atoms with Crippen LogP contribution in [0.3, 0.4) is 0 Å². The number of fused-ring (bicyclic) bond motifs is 1. The summed E-state index contributed by atoms with van der Waals surface area (Å²) in [5.74, 6) is 0.791. The van der Waals surface area contributed by atoms with Crippen LogP contribution in [0.4, 0.5) is 10.7 Å². The lowest BCUT2D eigenvalue weighted by Crippen LogP contribution is -2.49. The molecule has 1 aliphatic rings. The smallest absolute Gasteiger partial charge is 0.407 e. The lowest BCUT2D eigenvalue weighted by Gasteiger charge is -2.34. The molecule has 0 aliphatic carbocycles. The molecule has 4 aromatic rings. The molecule has 0 bridgehead atoms. The highest BCUT2D eigenvalue weighted by Gasteiger charge is 2.29. The Kier molecular flexibility index (Phi) is 8.50. The molecule has 0 radical (unpaired) electrons. The molecule has 1 atom stereocenters. The maximum Gasteiger partial charge on any atom is 0.407 e. The van der Waals surface area contributed by atoms with Crippen LogP contribution in [0.2, 0.25) is 5.02 Å². The second-order valence-corrected chi connectivity index (χ2v) is 12.1. The molecule has 1 fully saturated rings. The number of carbonyl (C=O) groups excluding carboxylic acids is 2. The number of carbonyl (C=O) groups is 2. The first-order chi connectivity index (χ1) is 20.4. The number of methoxy groups -OCH3 is 1. The maximum atomic E-state index is 13.9. The molecule has 0 spiro atoms. The summed E-state index contributed by atoms with van der Waals surface area (Å²) in [4.78, 5) is 47.0. The Morgan fingerprint density at radius 3 is 2.60 bits per heavy atom. The van der Waals surface area contributed by atoms with Gasteiger partial charge in [0, 0.05) is 36.8 Å². The maximum absolute atomic E-state index is 13.9. The van der Waals surface area contributed by atoms with Crippen LogP contribution in [0.15, 0.2) is 59.4 Å². The summed E-state index contributed by atoms with van der Waals surface area (Å²) >= 11 is 6.55. The zero-order chi connectivity index (χ0) is 30.9. The number of benzene rings is 2. The van der Waals surface area contributed by atoms with Gasteiger partial charge in [0.15, 0.2) is 0 Å². The molecule has 3 heterocycles. The monoisotopic (exact) mass is 605 g/mol. The van der Waals surface area contributed by atoms with Crippen molar-refractivity contribution in [1.82, 2.24) is 19.4 Å². The fourth-order valence-electron chi connectivity index (χ4n) is 5.35. The number of anilines is 1. The molecule has 226 valence electrons. The van der Waals surface area contributed by atoms with E-state index in [0.29, 0.717) is 53.0 Å². The lowest BCUT2D eigenvalue weighted by atomic mass is 10.1. The van der Waals surface area contributed by atoms with Gasteiger partial charge in [0.25, 0.3) is 5.56 Å². The van der Waals surface area contributed by atoms with Crippen LogP contribution < -0.4 is 20.5 Å². The van der Waals surface area contributed by atoms with Crippen molar-refractivity contribution in [1.29, 1.82) is 0 Å². The Hall–Kier alpha value is -4.31. The van der Waals surface area contributed by atoms with Gasteiger partial charge in [-0.05, 0) is 63.4 Å². The van der Waals surface area contributed by atoms with Gasteiger partial charge in [-0.25, -0.2) is 9.78 Å². The van der Waals surface area contributed by atoms with Crippen LogP contribution in [-0.4, -0.2) is 57.8 Å². The highest BCUT2D eigenvalue weighted by molar-refractivity contribution is 6.31. The van der Waals surface area contributed by atoms with Gasteiger partial charge in [-0.3, -0.25) is 9.59 Å². The lowest BCUT2D eigenvalue weighted by molar-refractivity contribution is 0.0499. The second kappa shape index (κ2) is 12.1. The first kappa shape index (κ1) is 30.2. The topological polar surface area (TPSA) is 108 Å². The number of hydrogen-bond acceptors (Lipinski definition) is 7. The van der Waals surface area contributed by atoms with Crippen LogP contribution >= 0.6 is 11.6 Å². The molecule has 2 aromatic carbocycles. The molecule has 5 rings (SSSR count). The Bertz CT molecular complexity index is 1740. The molecule has 1 aliphatic heterocycles. The van der Waals surface area contributed by atoms with Crippen molar-refractivity contribution in [3.05, 3.63) is 86.8 Å². The number of ether oxygens (including phenoxy) is 2. The third-order valence-electron chi connectivity index (χ3n) is 7.39. The predicted molar refractivity (Wildman–Crippen MR) is 167 cm³/mol. The number of nitrogens with one attached hydrogen (secondary N) is 1. The predicted octanol–water partition coefficient (Wildman–Crippen LogP) is 5.17. The number of nitrogens with zero attached hydrogens (tertiary/aromatic N) is 4. The van der Waals surface area contributed by atoms with Crippen molar-refractivity contribution in [2.24, 2.45) is 7.05 Å². The average molecular weight is 606 g/mol. The number of alkyl carbamates (subject to hydrolysis) is 1. The van der Waals surface area contributed by atoms with E-state index in [4.69, 9.17) is 26.1 Å². The molecule has 1 amide bonds. The number of pyridine rings is 1. The van der Waals surface area contributed by atoms with E-state index >= 15 is 0 Å². The minimum absolute atomic E-state index is 0.176. The third kappa shape index (κ3) is 6.54. The fourth-order valence-corrected chi connectivity index (χ4v) is 5.54. The first-order valence-corrected chi connectivity index (χ1v) is 14.6. The summed E-state index contributed by atoms with van der Waals surface area (Å²) in [6.07, 6.45) is 1.10. The minimum atomic E-state index is -0.610. The summed E-state index contributed by atoms with van der Waals surface area (Å²) < 4.78 is 14.0. The number of imidazole rings is 1. The van der Waals surface area contributed by atoms with Crippen molar-refractivity contribution < 1.29 is 19.1 Å². The van der Waals surface area contributed by atoms with E-state index < -0.39 is 11.7 Å². The number of amides is 1. The first-order valence-electron chi connectivity index (χ1n) is 14.2. The molecule has 10 nitrogen and oxygen atoms in total. The van der Waals surface area contributed by atoms with Crippen molar-refractivity contribution in [2.45, 2.75) is 51.8 Å². The number of rotatable bonds is 7. The van der Waals surface area contributed by atoms with Crippen LogP contribution in [0.1, 0.15) is 55.2 Å². The SMILES string of the molecule is COc1cccc(C(=O)c2cc3nc(N4CCC[C@@H](NC(=O)OC(C)(C)C)C4)n(Cc4ccccc4Cl)c3c(=O)n2C)c1. The summed E-state index contributed by atoms with van der Waals surface area (Å²) in [5, 5.41) is 3.55. The van der Waals surface area contributed by atoms with Crippen molar-refractivity contribution in [2.75, 3.05) is 25.1 Å². The number of aromatic nitrogens is 3. The van der Waals surface area contributed by atoms with E-state index in [1.165, 1.54) is 11.7 Å². The molecule has 11 heteroatoms. The summed E-state index contributed by atoms with van der Waals surface area (Å²) in [5.41, 5.74) is 1.24. The van der Waals surface area contributed by atoms with Crippen LogP contribution in [0, 0.1) is 0 Å². The van der Waals surface area contributed by atoms with E-state index in [1.807, 2.05) is 43.5 Å². The van der Waals surface area contributed by atoms with Gasteiger partial charge in [0.1, 0.15) is 16.9 Å². The second-order valence-electron chi connectivity index (χ2n) is 11.7. The van der Waals surface area contributed by atoms with Gasteiger partial charge < -0.3 is 28.8 Å². The molecule has 43 heavy (non-hydrogen) atoms. The summed E-state index contributed by atoms with van der Waals surface area (Å²) in [6.45, 7) is 6.92. The van der Waals surface area contributed by atoms with Crippen molar-refractivity contribution in [3.63, 3.8) is 0 Å². The molecule has 0 saturated carbocycles. The van der Waals surface area contributed by atoms with Gasteiger partial charge in [-0.1, -0.05) is 41.9 Å². The molecule has 1 N–H and O–H groups in total. The van der Waals surface area contributed by atoms with Gasteiger partial charge in [-0.2, -0.15) is 0 Å². The van der Waals surface area contributed by atoms with E-state index in [2.05, 4.69) is 10.2 Å². The Balaban J connectivity index is 1.58. The zero-order valence-corrected chi connectivity index (χ0v) is 25.8. The normalized spacial score (nSPS) is 15.4. The highest BCUT2D eigenvalue weighted by Crippen LogP contribution is 2.28. The molecular formula is C32H36ClN5O5. The Labute approximate surface area is 255 Å². The number of piperidine rings is 1. The van der Waals surface area contributed by atoms with E-state index in [1.54, 1.807) is 43.4 Å². The van der Waals surface area contributed by atoms with Crippen molar-refractivity contribution >= 4 is 40.5 Å². The number of halogens is 1. The Morgan fingerprint density at radius 1 is 1.12 bits per heavy atom. The van der Waals surface area contributed by atoms with Crippen LogP contribution in [0.25, 0.3) is 11.0 Å². The van der Waals surface area contributed by atoms with Crippen LogP contribution in [0.5, 0.6) is 5.75 Å². The minimum Gasteiger partial charge on any atom is -0.497 e. The van der Waals surface area contributed by atoms with Crippen LogP contribution in [-0.2, 0) is 18.3 Å². The quantitative estimate of drug-likeness (QED) is 0.290. The van der Waals surface area contributed by atoms with Gasteiger partial charge in [-0.15, -0.1) is 0 Å². The highest BCUT2D eigenvalue weighted by atomic mass is 35.5. The summed E-state index contributed by atoms with van der Waals surface area (Å²) in [6, 6.07) is 15.8. The third-order valence-corrected chi connectivity index (χ3v) is 7.76. The Morgan fingerprint density at radius 2 is 1.88 bits per heavy atom. The number of hydrogen-bond donors (Lipinski definition) is 1.